The van der Waals surface area contributed by atoms with E-state index in [0.29, 0.717) is 12.0 Å². The molecule has 3 rings (SSSR count). The van der Waals surface area contributed by atoms with Crippen LogP contribution in [-0.4, -0.2) is 77.4 Å². The Morgan fingerprint density at radius 2 is 1.35 bits per heavy atom. The molecule has 1 aromatic rings. The molecule has 3 heterocycles. The second-order valence-electron chi connectivity index (χ2n) is 8.59. The van der Waals surface area contributed by atoms with Crippen molar-refractivity contribution >= 4 is 5.95 Å². The van der Waals surface area contributed by atoms with Crippen LogP contribution >= 0.6 is 0 Å². The highest BCUT2D eigenvalue weighted by atomic mass is 16.5. The first kappa shape index (κ1) is 19.1. The van der Waals surface area contributed by atoms with Gasteiger partial charge in [0.2, 0.25) is 5.95 Å². The smallest absolute Gasteiger partial charge is 0.324 e. The molecule has 0 radical (unpaired) electrons. The van der Waals surface area contributed by atoms with Crippen molar-refractivity contribution in [3.8, 4) is 12.0 Å². The Labute approximate surface area is 156 Å². The van der Waals surface area contributed by atoms with Gasteiger partial charge in [0.05, 0.1) is 14.2 Å². The molecule has 26 heavy (non-hydrogen) atoms. The van der Waals surface area contributed by atoms with Gasteiger partial charge >= 0.3 is 12.0 Å². The maximum absolute atomic E-state index is 5.16. The summed E-state index contributed by atoms with van der Waals surface area (Å²) in [6.07, 6.45) is 2.34. The summed E-state index contributed by atoms with van der Waals surface area (Å²) in [4.78, 5) is 17.6. The number of nitrogens with one attached hydrogen (secondary N) is 1. The third-order valence-corrected chi connectivity index (χ3v) is 5.23. The van der Waals surface area contributed by atoms with Crippen molar-refractivity contribution in [2.24, 2.45) is 0 Å². The number of nitrogens with zero attached hydrogens (tertiary/aromatic N) is 5. The van der Waals surface area contributed by atoms with E-state index in [1.807, 2.05) is 0 Å². The summed E-state index contributed by atoms with van der Waals surface area (Å²) in [5.41, 5.74) is 0.330. The van der Waals surface area contributed by atoms with Gasteiger partial charge in [-0.2, -0.15) is 9.97 Å². The van der Waals surface area contributed by atoms with Crippen molar-refractivity contribution in [1.82, 2.24) is 25.2 Å². The predicted molar refractivity (Wildman–Crippen MR) is 101 cm³/mol. The monoisotopic (exact) mass is 364 g/mol. The summed E-state index contributed by atoms with van der Waals surface area (Å²) in [6, 6.07) is 1.18. The lowest BCUT2D eigenvalue weighted by molar-refractivity contribution is 0.0625. The molecule has 0 unspecified atom stereocenters. The number of hydrogen-bond donors (Lipinski definition) is 1. The largest absolute Gasteiger partial charge is 0.467 e. The fourth-order valence-corrected chi connectivity index (χ4v) is 4.47. The standard InChI is InChI=1S/C18H32N6O2/c1-17(2)11-13(12-18(3,4)22-17)23-7-9-24(10-8-23)14-19-15(25-5)21-16(20-14)26-6/h13,22H,7-12H2,1-6H3. The molecule has 2 saturated heterocycles. The van der Waals surface area contributed by atoms with Gasteiger partial charge in [-0.1, -0.05) is 0 Å². The molecule has 2 fully saturated rings. The first-order valence-electron chi connectivity index (χ1n) is 9.34. The maximum Gasteiger partial charge on any atom is 0.324 e. The van der Waals surface area contributed by atoms with E-state index in [-0.39, 0.29) is 23.1 Å². The van der Waals surface area contributed by atoms with E-state index in [1.54, 1.807) is 14.2 Å². The fraction of sp³-hybridized carbons (Fsp3) is 0.833. The number of anilines is 1. The molecule has 0 bridgehead atoms. The van der Waals surface area contributed by atoms with Crippen LogP contribution in [0.4, 0.5) is 5.95 Å². The molecule has 8 heteroatoms. The van der Waals surface area contributed by atoms with Crippen molar-refractivity contribution in [2.75, 3.05) is 45.3 Å². The van der Waals surface area contributed by atoms with Crippen LogP contribution in [0, 0.1) is 0 Å². The van der Waals surface area contributed by atoms with Crippen LogP contribution in [0.15, 0.2) is 0 Å². The fourth-order valence-electron chi connectivity index (χ4n) is 4.47. The normalized spacial score (nSPS) is 23.7. The summed E-state index contributed by atoms with van der Waals surface area (Å²) in [5, 5.41) is 3.77. The van der Waals surface area contributed by atoms with Crippen LogP contribution in [0.3, 0.4) is 0 Å². The molecule has 1 N–H and O–H groups in total. The van der Waals surface area contributed by atoms with E-state index in [9.17, 15) is 0 Å². The zero-order valence-electron chi connectivity index (χ0n) is 16.9. The number of hydrogen-bond acceptors (Lipinski definition) is 8. The maximum atomic E-state index is 5.16. The van der Waals surface area contributed by atoms with Crippen molar-refractivity contribution in [2.45, 2.75) is 57.7 Å². The summed E-state index contributed by atoms with van der Waals surface area (Å²) in [6.45, 7) is 13.0. The van der Waals surface area contributed by atoms with E-state index in [1.165, 1.54) is 12.8 Å². The summed E-state index contributed by atoms with van der Waals surface area (Å²) < 4.78 is 10.3. The van der Waals surface area contributed by atoms with Gasteiger partial charge in [0, 0.05) is 43.3 Å². The number of rotatable bonds is 4. The van der Waals surface area contributed by atoms with E-state index < -0.39 is 0 Å². The van der Waals surface area contributed by atoms with Crippen LogP contribution in [0.2, 0.25) is 0 Å². The second kappa shape index (κ2) is 7.15. The van der Waals surface area contributed by atoms with Crippen molar-refractivity contribution in [1.29, 1.82) is 0 Å². The molecule has 0 aromatic carbocycles. The Bertz CT molecular complexity index is 590. The van der Waals surface area contributed by atoms with Crippen LogP contribution in [-0.2, 0) is 0 Å². The third-order valence-electron chi connectivity index (χ3n) is 5.23. The van der Waals surface area contributed by atoms with Gasteiger partial charge in [-0.15, -0.1) is 4.98 Å². The van der Waals surface area contributed by atoms with E-state index in [0.717, 1.165) is 26.2 Å². The number of piperazine rings is 1. The zero-order chi connectivity index (χ0) is 18.9. The van der Waals surface area contributed by atoms with Crippen LogP contribution in [0.25, 0.3) is 0 Å². The average molecular weight is 364 g/mol. The van der Waals surface area contributed by atoms with E-state index in [4.69, 9.17) is 9.47 Å². The van der Waals surface area contributed by atoms with Gasteiger partial charge in [0.15, 0.2) is 0 Å². The second-order valence-corrected chi connectivity index (χ2v) is 8.59. The quantitative estimate of drug-likeness (QED) is 0.857. The minimum atomic E-state index is 0.165. The Kier molecular flexibility index (Phi) is 5.25. The average Bonchev–Trinajstić information content (AvgIpc) is 2.58. The highest BCUT2D eigenvalue weighted by Gasteiger charge is 2.40. The molecule has 8 nitrogen and oxygen atoms in total. The zero-order valence-corrected chi connectivity index (χ0v) is 16.9. The minimum absolute atomic E-state index is 0.165. The van der Waals surface area contributed by atoms with E-state index in [2.05, 4.69) is 57.8 Å². The van der Waals surface area contributed by atoms with Crippen molar-refractivity contribution < 1.29 is 9.47 Å². The van der Waals surface area contributed by atoms with Gasteiger partial charge in [0.1, 0.15) is 0 Å². The molecule has 0 aliphatic carbocycles. The highest BCUT2D eigenvalue weighted by Crippen LogP contribution is 2.32. The number of ether oxygens (including phenoxy) is 2. The Hall–Kier alpha value is -1.67. The van der Waals surface area contributed by atoms with Crippen LogP contribution in [0.5, 0.6) is 12.0 Å². The van der Waals surface area contributed by atoms with Gasteiger partial charge in [-0.3, -0.25) is 4.90 Å². The molecule has 146 valence electrons. The molecule has 2 aliphatic rings. The molecule has 0 atom stereocenters. The van der Waals surface area contributed by atoms with Crippen molar-refractivity contribution in [3.63, 3.8) is 0 Å². The predicted octanol–water partition coefficient (Wildman–Crippen LogP) is 1.32. The van der Waals surface area contributed by atoms with Gasteiger partial charge < -0.3 is 19.7 Å². The highest BCUT2D eigenvalue weighted by molar-refractivity contribution is 5.33. The van der Waals surface area contributed by atoms with Gasteiger partial charge in [-0.25, -0.2) is 0 Å². The number of methoxy groups -OCH3 is 2. The van der Waals surface area contributed by atoms with Crippen LogP contribution in [0.1, 0.15) is 40.5 Å². The van der Waals surface area contributed by atoms with Crippen LogP contribution < -0.4 is 19.7 Å². The Balaban J connectivity index is 1.66. The third kappa shape index (κ3) is 4.35. The Morgan fingerprint density at radius 3 is 1.81 bits per heavy atom. The molecule has 1 aromatic heterocycles. The molecule has 0 amide bonds. The SMILES string of the molecule is COc1nc(OC)nc(N2CCN(C3CC(C)(C)NC(C)(C)C3)CC2)n1. The molecular formula is C18H32N6O2. The van der Waals surface area contributed by atoms with E-state index >= 15 is 0 Å². The summed E-state index contributed by atoms with van der Waals surface area (Å²) in [5.74, 6) is 0.624. The molecule has 0 saturated carbocycles. The topological polar surface area (TPSA) is 75.6 Å². The first-order valence-corrected chi connectivity index (χ1v) is 9.34. The minimum Gasteiger partial charge on any atom is -0.467 e. The molecule has 0 spiro atoms. The van der Waals surface area contributed by atoms with Crippen molar-refractivity contribution in [3.05, 3.63) is 0 Å². The van der Waals surface area contributed by atoms with Gasteiger partial charge in [-0.05, 0) is 40.5 Å². The lowest BCUT2D eigenvalue weighted by Gasteiger charge is -2.51. The first-order chi connectivity index (χ1) is 12.2. The Morgan fingerprint density at radius 1 is 0.846 bits per heavy atom. The summed E-state index contributed by atoms with van der Waals surface area (Å²) >= 11 is 0. The lowest BCUT2D eigenvalue weighted by atomic mass is 9.79. The summed E-state index contributed by atoms with van der Waals surface area (Å²) in [7, 11) is 3.11. The number of aromatic nitrogens is 3. The van der Waals surface area contributed by atoms with Gasteiger partial charge in [0.25, 0.3) is 0 Å². The lowest BCUT2D eigenvalue weighted by Crippen LogP contribution is -2.64. The number of piperidine rings is 1. The molecular weight excluding hydrogens is 332 g/mol. The molecule has 2 aliphatic heterocycles.